The fraction of sp³-hybridized carbons (Fsp3) is 0.667. The van der Waals surface area contributed by atoms with E-state index in [2.05, 4.69) is 20.2 Å². The van der Waals surface area contributed by atoms with Gasteiger partial charge in [0.2, 0.25) is 5.28 Å². The third kappa shape index (κ3) is 5.33. The van der Waals surface area contributed by atoms with Crippen molar-refractivity contribution in [1.29, 1.82) is 0 Å². The summed E-state index contributed by atoms with van der Waals surface area (Å²) in [5.74, 6) is 1.21. The molecule has 1 amide bonds. The maximum atomic E-state index is 11.7. The minimum atomic E-state index is -0.472. The van der Waals surface area contributed by atoms with E-state index in [4.69, 9.17) is 16.3 Å². The summed E-state index contributed by atoms with van der Waals surface area (Å²) in [6.45, 7) is 7.94. The molecule has 6 nitrogen and oxygen atoms in total. The lowest BCUT2D eigenvalue weighted by Gasteiger charge is -2.33. The Morgan fingerprint density at radius 1 is 1.55 bits per heavy atom. The van der Waals surface area contributed by atoms with E-state index in [1.165, 1.54) is 0 Å². The molecule has 1 aliphatic rings. The first-order chi connectivity index (χ1) is 10.3. The number of rotatable bonds is 3. The minimum Gasteiger partial charge on any atom is -0.444 e. The molecule has 0 radical (unpaired) electrons. The third-order valence-corrected chi connectivity index (χ3v) is 3.57. The van der Waals surface area contributed by atoms with Crippen molar-refractivity contribution in [3.63, 3.8) is 0 Å². The lowest BCUT2D eigenvalue weighted by molar-refractivity contribution is 0.0517. The molecule has 0 aromatic carbocycles. The van der Waals surface area contributed by atoms with Gasteiger partial charge >= 0.3 is 6.09 Å². The van der Waals surface area contributed by atoms with Crippen LogP contribution in [0.5, 0.6) is 0 Å². The van der Waals surface area contributed by atoms with Crippen molar-refractivity contribution in [3.8, 4) is 0 Å². The van der Waals surface area contributed by atoms with Crippen LogP contribution >= 0.6 is 11.6 Å². The minimum absolute atomic E-state index is 0.256. The zero-order valence-electron chi connectivity index (χ0n) is 13.3. The summed E-state index contributed by atoms with van der Waals surface area (Å²) in [7, 11) is 0. The number of aromatic nitrogens is 2. The second-order valence-electron chi connectivity index (χ2n) is 6.52. The molecule has 1 atom stereocenters. The molecule has 0 bridgehead atoms. The zero-order valence-corrected chi connectivity index (χ0v) is 14.1. The van der Waals surface area contributed by atoms with Crippen LogP contribution in [0.4, 0.5) is 10.6 Å². The van der Waals surface area contributed by atoms with Crippen molar-refractivity contribution in [3.05, 3.63) is 17.5 Å². The predicted molar refractivity (Wildman–Crippen MR) is 86.2 cm³/mol. The summed E-state index contributed by atoms with van der Waals surface area (Å²) < 4.78 is 5.25. The molecule has 122 valence electrons. The number of carbonyl (C=O) groups excluding carboxylic acids is 1. The van der Waals surface area contributed by atoms with Crippen LogP contribution in [0, 0.1) is 5.92 Å². The highest BCUT2D eigenvalue weighted by atomic mass is 35.5. The van der Waals surface area contributed by atoms with E-state index in [9.17, 15) is 4.79 Å². The Morgan fingerprint density at radius 3 is 3.00 bits per heavy atom. The molecule has 1 saturated heterocycles. The first-order valence-electron chi connectivity index (χ1n) is 7.54. The van der Waals surface area contributed by atoms with E-state index in [0.717, 1.165) is 31.7 Å². The van der Waals surface area contributed by atoms with E-state index in [-0.39, 0.29) is 11.4 Å². The number of halogens is 1. The number of amides is 1. The molecule has 1 unspecified atom stereocenters. The fourth-order valence-corrected chi connectivity index (χ4v) is 2.63. The van der Waals surface area contributed by atoms with Crippen LogP contribution in [0.2, 0.25) is 5.28 Å². The largest absolute Gasteiger partial charge is 0.444 e. The summed E-state index contributed by atoms with van der Waals surface area (Å²) >= 11 is 5.84. The van der Waals surface area contributed by atoms with Gasteiger partial charge < -0.3 is 15.0 Å². The molecule has 2 heterocycles. The average Bonchev–Trinajstić information content (AvgIpc) is 2.44. The average molecular weight is 327 g/mol. The lowest BCUT2D eigenvalue weighted by Crippen LogP contribution is -2.42. The first kappa shape index (κ1) is 16.8. The molecule has 7 heteroatoms. The number of anilines is 1. The van der Waals surface area contributed by atoms with Gasteiger partial charge in [-0.3, -0.25) is 0 Å². The Hall–Kier alpha value is -1.56. The van der Waals surface area contributed by atoms with Gasteiger partial charge in [-0.2, -0.15) is 0 Å². The Bertz CT molecular complexity index is 519. The van der Waals surface area contributed by atoms with Crippen molar-refractivity contribution >= 4 is 23.5 Å². The number of ether oxygens (including phenoxy) is 1. The SMILES string of the molecule is CC(C)(C)OC(=O)NCC1CCCN(c2ccnc(Cl)n2)C1. The highest BCUT2D eigenvalue weighted by molar-refractivity contribution is 6.28. The van der Waals surface area contributed by atoms with Gasteiger partial charge in [-0.1, -0.05) is 0 Å². The van der Waals surface area contributed by atoms with Gasteiger partial charge in [0.25, 0.3) is 0 Å². The van der Waals surface area contributed by atoms with Gasteiger partial charge in [0.05, 0.1) is 0 Å². The van der Waals surface area contributed by atoms with Crippen LogP contribution < -0.4 is 10.2 Å². The van der Waals surface area contributed by atoms with Crippen LogP contribution in [-0.4, -0.2) is 41.3 Å². The van der Waals surface area contributed by atoms with Crippen molar-refractivity contribution in [2.45, 2.75) is 39.2 Å². The van der Waals surface area contributed by atoms with Crippen molar-refractivity contribution in [2.75, 3.05) is 24.5 Å². The second-order valence-corrected chi connectivity index (χ2v) is 6.86. The molecule has 1 N–H and O–H groups in total. The number of hydrogen-bond acceptors (Lipinski definition) is 5. The molecule has 0 spiro atoms. The maximum absolute atomic E-state index is 11.7. The number of carbonyl (C=O) groups is 1. The highest BCUT2D eigenvalue weighted by Crippen LogP contribution is 2.21. The van der Waals surface area contributed by atoms with Crippen LogP contribution in [0.3, 0.4) is 0 Å². The summed E-state index contributed by atoms with van der Waals surface area (Å²) in [5, 5.41) is 3.10. The number of nitrogens with one attached hydrogen (secondary N) is 1. The monoisotopic (exact) mass is 326 g/mol. The van der Waals surface area contributed by atoms with E-state index in [1.54, 1.807) is 6.20 Å². The van der Waals surface area contributed by atoms with Crippen LogP contribution in [0.1, 0.15) is 33.6 Å². The highest BCUT2D eigenvalue weighted by Gasteiger charge is 2.23. The Labute approximate surface area is 136 Å². The van der Waals surface area contributed by atoms with Crippen LogP contribution in [0.15, 0.2) is 12.3 Å². The van der Waals surface area contributed by atoms with E-state index in [1.807, 2.05) is 26.8 Å². The molecule has 1 aromatic heterocycles. The molecule has 22 heavy (non-hydrogen) atoms. The normalized spacial score (nSPS) is 18.9. The molecule has 1 aliphatic heterocycles. The molecule has 0 aliphatic carbocycles. The van der Waals surface area contributed by atoms with E-state index < -0.39 is 5.60 Å². The van der Waals surface area contributed by atoms with Gasteiger partial charge in [-0.15, -0.1) is 0 Å². The predicted octanol–water partition coefficient (Wildman–Crippen LogP) is 2.87. The number of nitrogens with zero attached hydrogens (tertiary/aromatic N) is 3. The van der Waals surface area contributed by atoms with Crippen LogP contribution in [-0.2, 0) is 4.74 Å². The molecule has 1 fully saturated rings. The zero-order chi connectivity index (χ0) is 16.2. The summed E-state index contributed by atoms with van der Waals surface area (Å²) in [6, 6.07) is 1.86. The van der Waals surface area contributed by atoms with Gasteiger partial charge in [0, 0.05) is 25.8 Å². The summed E-state index contributed by atoms with van der Waals surface area (Å²) in [6.07, 6.45) is 3.43. The molecule has 1 aromatic rings. The fourth-order valence-electron chi connectivity index (χ4n) is 2.48. The topological polar surface area (TPSA) is 67.3 Å². The van der Waals surface area contributed by atoms with Gasteiger partial charge in [-0.25, -0.2) is 14.8 Å². The lowest BCUT2D eigenvalue weighted by atomic mass is 9.98. The third-order valence-electron chi connectivity index (χ3n) is 3.39. The van der Waals surface area contributed by atoms with E-state index in [0.29, 0.717) is 12.5 Å². The Morgan fingerprint density at radius 2 is 2.32 bits per heavy atom. The van der Waals surface area contributed by atoms with Gasteiger partial charge in [-0.05, 0) is 57.2 Å². The number of piperidine rings is 1. The number of hydrogen-bond donors (Lipinski definition) is 1. The number of alkyl carbamates (subject to hydrolysis) is 1. The Balaban J connectivity index is 1.85. The molecule has 2 rings (SSSR count). The second kappa shape index (κ2) is 7.13. The quantitative estimate of drug-likeness (QED) is 0.865. The van der Waals surface area contributed by atoms with Crippen LogP contribution in [0.25, 0.3) is 0 Å². The Kier molecular flexibility index (Phi) is 5.45. The smallest absolute Gasteiger partial charge is 0.407 e. The first-order valence-corrected chi connectivity index (χ1v) is 7.91. The van der Waals surface area contributed by atoms with Crippen molar-refractivity contribution in [2.24, 2.45) is 5.92 Å². The molecular weight excluding hydrogens is 304 g/mol. The maximum Gasteiger partial charge on any atom is 0.407 e. The van der Waals surface area contributed by atoms with Crippen molar-refractivity contribution < 1.29 is 9.53 Å². The standard InChI is InChI=1S/C15H23ClN4O2/c1-15(2,3)22-14(21)18-9-11-5-4-8-20(10-11)12-6-7-17-13(16)19-12/h6-7,11H,4-5,8-10H2,1-3H3,(H,18,21). The van der Waals surface area contributed by atoms with Gasteiger partial charge in [0.15, 0.2) is 0 Å². The summed E-state index contributed by atoms with van der Waals surface area (Å²) in [5.41, 5.74) is -0.472. The van der Waals surface area contributed by atoms with E-state index >= 15 is 0 Å². The summed E-state index contributed by atoms with van der Waals surface area (Å²) in [4.78, 5) is 22.0. The molecular formula is C15H23ClN4O2. The van der Waals surface area contributed by atoms with Crippen molar-refractivity contribution in [1.82, 2.24) is 15.3 Å². The van der Waals surface area contributed by atoms with Gasteiger partial charge in [0.1, 0.15) is 11.4 Å². The molecule has 0 saturated carbocycles.